The molecule has 0 bridgehead atoms. The fourth-order valence-corrected chi connectivity index (χ4v) is 2.27. The predicted molar refractivity (Wildman–Crippen MR) is 87.0 cm³/mol. The summed E-state index contributed by atoms with van der Waals surface area (Å²) in [7, 11) is 0. The normalized spacial score (nSPS) is 12.4. The third-order valence-corrected chi connectivity index (χ3v) is 3.80. The molecule has 1 atom stereocenters. The second kappa shape index (κ2) is 8.77. The van der Waals surface area contributed by atoms with E-state index in [4.69, 9.17) is 5.73 Å². The van der Waals surface area contributed by atoms with Crippen molar-refractivity contribution in [2.45, 2.75) is 66.2 Å². The van der Waals surface area contributed by atoms with Crippen molar-refractivity contribution in [3.8, 4) is 0 Å². The number of nitrogens with two attached hydrogens (primary N) is 1. The van der Waals surface area contributed by atoms with Crippen LogP contribution >= 0.6 is 0 Å². The van der Waals surface area contributed by atoms with Crippen LogP contribution in [0, 0.1) is 12.8 Å². The van der Waals surface area contributed by atoms with E-state index in [0.29, 0.717) is 11.7 Å². The number of nitrogens with zero attached hydrogens (tertiary/aromatic N) is 2. The number of hydrogen-bond acceptors (Lipinski definition) is 4. The predicted octanol–water partition coefficient (Wildman–Crippen LogP) is 3.95. The molecular weight excluding hydrogens is 248 g/mol. The van der Waals surface area contributed by atoms with Gasteiger partial charge in [-0.3, -0.25) is 0 Å². The van der Waals surface area contributed by atoms with Gasteiger partial charge in [0.2, 0.25) is 0 Å². The first-order chi connectivity index (χ1) is 9.62. The van der Waals surface area contributed by atoms with Crippen LogP contribution in [-0.4, -0.2) is 16.5 Å². The van der Waals surface area contributed by atoms with Crippen LogP contribution in [0.2, 0.25) is 0 Å². The van der Waals surface area contributed by atoms with Crippen molar-refractivity contribution in [3.05, 3.63) is 11.4 Å². The number of aryl methyl sites for hydroxylation is 1. The minimum Gasteiger partial charge on any atom is -0.383 e. The van der Waals surface area contributed by atoms with Crippen molar-refractivity contribution in [1.82, 2.24) is 9.97 Å². The molecule has 1 unspecified atom stereocenters. The molecule has 0 saturated heterocycles. The fraction of sp³-hybridized carbons (Fsp3) is 0.750. The lowest BCUT2D eigenvalue weighted by Gasteiger charge is -2.17. The van der Waals surface area contributed by atoms with Crippen molar-refractivity contribution >= 4 is 11.6 Å². The van der Waals surface area contributed by atoms with E-state index in [-0.39, 0.29) is 0 Å². The Bertz CT molecular complexity index is 404. The van der Waals surface area contributed by atoms with Gasteiger partial charge in [0.05, 0.1) is 0 Å². The minimum atomic E-state index is 0.604. The van der Waals surface area contributed by atoms with Gasteiger partial charge in [-0.05, 0) is 25.7 Å². The Balaban J connectivity index is 2.70. The molecule has 4 nitrogen and oxygen atoms in total. The maximum atomic E-state index is 5.98. The third-order valence-electron chi connectivity index (χ3n) is 3.80. The highest BCUT2D eigenvalue weighted by Crippen LogP contribution is 2.20. The maximum absolute atomic E-state index is 5.98. The van der Waals surface area contributed by atoms with Gasteiger partial charge in [0, 0.05) is 18.5 Å². The first kappa shape index (κ1) is 16.7. The lowest BCUT2D eigenvalue weighted by Crippen LogP contribution is -2.17. The van der Waals surface area contributed by atoms with Gasteiger partial charge >= 0.3 is 0 Å². The minimum absolute atomic E-state index is 0.604. The van der Waals surface area contributed by atoms with Gasteiger partial charge in [0.1, 0.15) is 17.5 Å². The van der Waals surface area contributed by atoms with E-state index in [0.717, 1.165) is 36.6 Å². The first-order valence-corrected chi connectivity index (χ1v) is 7.99. The molecule has 114 valence electrons. The van der Waals surface area contributed by atoms with E-state index in [1.54, 1.807) is 0 Å². The van der Waals surface area contributed by atoms with Gasteiger partial charge in [-0.15, -0.1) is 0 Å². The van der Waals surface area contributed by atoms with Crippen LogP contribution in [0.25, 0.3) is 0 Å². The van der Waals surface area contributed by atoms with Crippen LogP contribution in [0.5, 0.6) is 0 Å². The van der Waals surface area contributed by atoms with E-state index in [2.05, 4.69) is 36.1 Å². The molecular formula is C16H30N4. The monoisotopic (exact) mass is 278 g/mol. The molecule has 1 aromatic rings. The van der Waals surface area contributed by atoms with Crippen molar-refractivity contribution < 1.29 is 0 Å². The molecule has 20 heavy (non-hydrogen) atoms. The first-order valence-electron chi connectivity index (χ1n) is 7.99. The zero-order chi connectivity index (χ0) is 15.0. The standard InChI is InChI=1S/C16H30N4/c1-5-8-10-13(7-3)11-18-16-12(4)15(17)19-14(20-16)9-6-2/h13H,5-11H2,1-4H3,(H3,17,18,19,20). The molecule has 4 heteroatoms. The fourth-order valence-electron chi connectivity index (χ4n) is 2.27. The average molecular weight is 278 g/mol. The van der Waals surface area contributed by atoms with E-state index in [1.165, 1.54) is 25.7 Å². The molecule has 0 fully saturated rings. The van der Waals surface area contributed by atoms with Gasteiger partial charge in [0.25, 0.3) is 0 Å². The van der Waals surface area contributed by atoms with Crippen LogP contribution in [-0.2, 0) is 6.42 Å². The van der Waals surface area contributed by atoms with Crippen molar-refractivity contribution in [1.29, 1.82) is 0 Å². The topological polar surface area (TPSA) is 63.8 Å². The Morgan fingerprint density at radius 1 is 1.15 bits per heavy atom. The lowest BCUT2D eigenvalue weighted by atomic mass is 9.99. The Hall–Kier alpha value is -1.32. The molecule has 0 aliphatic rings. The van der Waals surface area contributed by atoms with Crippen LogP contribution in [0.1, 0.15) is 64.3 Å². The molecule has 0 spiro atoms. The number of nitrogens with one attached hydrogen (secondary N) is 1. The molecule has 0 aliphatic heterocycles. The molecule has 1 rings (SSSR count). The summed E-state index contributed by atoms with van der Waals surface area (Å²) in [4.78, 5) is 8.95. The Kier molecular flexibility index (Phi) is 7.34. The number of nitrogen functional groups attached to an aromatic ring is 1. The SMILES string of the molecule is CCCCC(CC)CNc1nc(CCC)nc(N)c1C. The van der Waals surface area contributed by atoms with Gasteiger partial charge in [0.15, 0.2) is 0 Å². The Morgan fingerprint density at radius 3 is 2.50 bits per heavy atom. The Labute approximate surface area is 123 Å². The van der Waals surface area contributed by atoms with Gasteiger partial charge in [-0.2, -0.15) is 0 Å². The summed E-state index contributed by atoms with van der Waals surface area (Å²) in [5.74, 6) is 3.07. The van der Waals surface area contributed by atoms with Gasteiger partial charge < -0.3 is 11.1 Å². The second-order valence-electron chi connectivity index (χ2n) is 5.55. The smallest absolute Gasteiger partial charge is 0.134 e. The number of rotatable bonds is 9. The van der Waals surface area contributed by atoms with Crippen LogP contribution < -0.4 is 11.1 Å². The lowest BCUT2D eigenvalue weighted by molar-refractivity contribution is 0.472. The van der Waals surface area contributed by atoms with Gasteiger partial charge in [-0.25, -0.2) is 9.97 Å². The summed E-state index contributed by atoms with van der Waals surface area (Å²) in [6, 6.07) is 0. The highest BCUT2D eigenvalue weighted by atomic mass is 15.1. The number of aromatic nitrogens is 2. The van der Waals surface area contributed by atoms with Crippen molar-refractivity contribution in [2.24, 2.45) is 5.92 Å². The summed E-state index contributed by atoms with van der Waals surface area (Å²) in [6.45, 7) is 9.59. The van der Waals surface area contributed by atoms with Gasteiger partial charge in [-0.1, -0.05) is 40.0 Å². The quantitative estimate of drug-likeness (QED) is 0.718. The second-order valence-corrected chi connectivity index (χ2v) is 5.55. The molecule has 3 N–H and O–H groups in total. The molecule has 0 aliphatic carbocycles. The highest BCUT2D eigenvalue weighted by Gasteiger charge is 2.11. The summed E-state index contributed by atoms with van der Waals surface area (Å²) >= 11 is 0. The van der Waals surface area contributed by atoms with Crippen LogP contribution in [0.3, 0.4) is 0 Å². The molecule has 0 aromatic carbocycles. The maximum Gasteiger partial charge on any atom is 0.134 e. The van der Waals surface area contributed by atoms with E-state index >= 15 is 0 Å². The zero-order valence-electron chi connectivity index (χ0n) is 13.5. The number of hydrogen-bond donors (Lipinski definition) is 2. The molecule has 1 aromatic heterocycles. The van der Waals surface area contributed by atoms with Crippen LogP contribution in [0.15, 0.2) is 0 Å². The zero-order valence-corrected chi connectivity index (χ0v) is 13.5. The van der Waals surface area contributed by atoms with Crippen molar-refractivity contribution in [3.63, 3.8) is 0 Å². The number of anilines is 2. The number of unbranched alkanes of at least 4 members (excludes halogenated alkanes) is 1. The van der Waals surface area contributed by atoms with E-state index in [9.17, 15) is 0 Å². The molecule has 0 amide bonds. The Morgan fingerprint density at radius 2 is 1.90 bits per heavy atom. The molecule has 1 heterocycles. The van der Waals surface area contributed by atoms with Crippen molar-refractivity contribution in [2.75, 3.05) is 17.6 Å². The summed E-state index contributed by atoms with van der Waals surface area (Å²) in [6.07, 6.45) is 6.96. The van der Waals surface area contributed by atoms with Crippen LogP contribution in [0.4, 0.5) is 11.6 Å². The molecule has 0 radical (unpaired) electrons. The highest BCUT2D eigenvalue weighted by molar-refractivity contribution is 5.54. The van der Waals surface area contributed by atoms with E-state index < -0.39 is 0 Å². The summed E-state index contributed by atoms with van der Waals surface area (Å²) < 4.78 is 0. The average Bonchev–Trinajstić information content (AvgIpc) is 2.44. The summed E-state index contributed by atoms with van der Waals surface area (Å²) in [5, 5.41) is 3.48. The summed E-state index contributed by atoms with van der Waals surface area (Å²) in [5.41, 5.74) is 6.95. The molecule has 0 saturated carbocycles. The van der Waals surface area contributed by atoms with E-state index in [1.807, 2.05) is 6.92 Å². The largest absolute Gasteiger partial charge is 0.383 e. The third kappa shape index (κ3) is 4.99.